The molecule has 2 N–H and O–H groups in total. The first-order valence-electron chi connectivity index (χ1n) is 11.1. The molecular weight excluding hydrogens is 498 g/mol. The SMILES string of the molecule is CCOc1ccc(-n2c(CNC(=O)c3ccc(OC)cc3)nnc2SCC(=O)Nc2cccs2)cc1. The molecule has 0 aliphatic rings. The number of benzene rings is 2. The summed E-state index contributed by atoms with van der Waals surface area (Å²) >= 11 is 2.72. The normalized spacial score (nSPS) is 10.6. The highest BCUT2D eigenvalue weighted by Crippen LogP contribution is 2.25. The Bertz CT molecular complexity index is 1290. The number of ether oxygens (including phenoxy) is 2. The molecule has 4 aromatic rings. The molecule has 4 rings (SSSR count). The topological polar surface area (TPSA) is 107 Å². The van der Waals surface area contributed by atoms with Crippen LogP contribution < -0.4 is 20.1 Å². The molecule has 2 aromatic carbocycles. The maximum absolute atomic E-state index is 12.7. The molecule has 0 aliphatic carbocycles. The van der Waals surface area contributed by atoms with E-state index >= 15 is 0 Å². The van der Waals surface area contributed by atoms with Crippen LogP contribution in [0, 0.1) is 0 Å². The first kappa shape index (κ1) is 25.3. The van der Waals surface area contributed by atoms with Gasteiger partial charge in [0.15, 0.2) is 11.0 Å². The van der Waals surface area contributed by atoms with E-state index in [4.69, 9.17) is 9.47 Å². The van der Waals surface area contributed by atoms with E-state index in [1.807, 2.05) is 53.3 Å². The molecule has 2 heterocycles. The van der Waals surface area contributed by atoms with Gasteiger partial charge >= 0.3 is 0 Å². The summed E-state index contributed by atoms with van der Waals surface area (Å²) < 4.78 is 12.5. The summed E-state index contributed by atoms with van der Waals surface area (Å²) in [6.45, 7) is 2.63. The molecule has 9 nitrogen and oxygen atoms in total. The Labute approximate surface area is 216 Å². The fourth-order valence-corrected chi connectivity index (χ4v) is 4.69. The lowest BCUT2D eigenvalue weighted by atomic mass is 10.2. The minimum absolute atomic E-state index is 0.141. The molecule has 2 amide bonds. The molecule has 36 heavy (non-hydrogen) atoms. The fourth-order valence-electron chi connectivity index (χ4n) is 3.28. The molecule has 0 radical (unpaired) electrons. The second kappa shape index (κ2) is 12.2. The van der Waals surface area contributed by atoms with Crippen molar-refractivity contribution in [2.45, 2.75) is 18.6 Å². The average molecular weight is 524 g/mol. The summed E-state index contributed by atoms with van der Waals surface area (Å²) in [4.78, 5) is 25.1. The van der Waals surface area contributed by atoms with Crippen molar-refractivity contribution in [3.8, 4) is 17.2 Å². The number of anilines is 1. The van der Waals surface area contributed by atoms with Crippen LogP contribution in [0.4, 0.5) is 5.00 Å². The number of hydrogen-bond acceptors (Lipinski definition) is 8. The number of aromatic nitrogens is 3. The van der Waals surface area contributed by atoms with Crippen molar-refractivity contribution in [3.63, 3.8) is 0 Å². The zero-order chi connectivity index (χ0) is 25.3. The Kier molecular flexibility index (Phi) is 8.58. The number of nitrogens with one attached hydrogen (secondary N) is 2. The predicted molar refractivity (Wildman–Crippen MR) is 140 cm³/mol. The number of rotatable bonds is 11. The Morgan fingerprint density at radius 2 is 1.78 bits per heavy atom. The van der Waals surface area contributed by atoms with Crippen LogP contribution in [-0.4, -0.2) is 46.0 Å². The van der Waals surface area contributed by atoms with Crippen LogP contribution in [0.25, 0.3) is 5.69 Å². The molecule has 0 saturated heterocycles. The van der Waals surface area contributed by atoms with Gasteiger partial charge in [-0.15, -0.1) is 21.5 Å². The fraction of sp³-hybridized carbons (Fsp3) is 0.200. The van der Waals surface area contributed by atoms with E-state index in [0.29, 0.717) is 28.9 Å². The molecule has 0 atom stereocenters. The quantitative estimate of drug-likeness (QED) is 0.281. The predicted octanol–water partition coefficient (Wildman–Crippen LogP) is 4.40. The van der Waals surface area contributed by atoms with Gasteiger partial charge in [-0.05, 0) is 73.0 Å². The van der Waals surface area contributed by atoms with Gasteiger partial charge in [-0.25, -0.2) is 0 Å². The number of nitrogens with zero attached hydrogens (tertiary/aromatic N) is 3. The van der Waals surface area contributed by atoms with Crippen LogP contribution in [0.15, 0.2) is 71.2 Å². The van der Waals surface area contributed by atoms with Crippen molar-refractivity contribution in [3.05, 3.63) is 77.4 Å². The Balaban J connectivity index is 1.51. The van der Waals surface area contributed by atoms with Gasteiger partial charge in [-0.1, -0.05) is 11.8 Å². The molecule has 186 valence electrons. The van der Waals surface area contributed by atoms with E-state index in [-0.39, 0.29) is 24.1 Å². The van der Waals surface area contributed by atoms with Crippen LogP contribution in [-0.2, 0) is 11.3 Å². The highest BCUT2D eigenvalue weighted by molar-refractivity contribution is 7.99. The van der Waals surface area contributed by atoms with Crippen molar-refractivity contribution in [1.82, 2.24) is 20.1 Å². The standard InChI is InChI=1S/C25H25N5O4S2/c1-3-34-20-12-8-18(9-13-20)30-21(15-26-24(32)17-6-10-19(33-2)11-7-17)28-29-25(30)36-16-22(31)27-23-5-4-14-35-23/h4-14H,3,15-16H2,1-2H3,(H,26,32)(H,27,31). The highest BCUT2D eigenvalue weighted by Gasteiger charge is 2.17. The minimum atomic E-state index is -0.247. The summed E-state index contributed by atoms with van der Waals surface area (Å²) in [6, 6.07) is 18.1. The van der Waals surface area contributed by atoms with Crippen LogP contribution in [0.1, 0.15) is 23.1 Å². The number of amides is 2. The third-order valence-corrected chi connectivity index (χ3v) is 6.70. The van der Waals surface area contributed by atoms with Gasteiger partial charge in [0.2, 0.25) is 5.91 Å². The van der Waals surface area contributed by atoms with Gasteiger partial charge in [-0.3, -0.25) is 14.2 Å². The van der Waals surface area contributed by atoms with E-state index < -0.39 is 0 Å². The molecule has 2 aromatic heterocycles. The van der Waals surface area contributed by atoms with E-state index in [2.05, 4.69) is 20.8 Å². The smallest absolute Gasteiger partial charge is 0.251 e. The van der Waals surface area contributed by atoms with Crippen molar-refractivity contribution in [2.75, 3.05) is 24.8 Å². The Hall–Kier alpha value is -3.83. The van der Waals surface area contributed by atoms with Crippen LogP contribution in [0.2, 0.25) is 0 Å². The van der Waals surface area contributed by atoms with Crippen LogP contribution in [0.3, 0.4) is 0 Å². The molecule has 0 aliphatic heterocycles. The first-order valence-corrected chi connectivity index (χ1v) is 13.0. The van der Waals surface area contributed by atoms with Gasteiger partial charge in [0.1, 0.15) is 11.5 Å². The second-order valence-electron chi connectivity index (χ2n) is 7.39. The van der Waals surface area contributed by atoms with Gasteiger partial charge in [0.25, 0.3) is 5.91 Å². The number of thiophene rings is 1. The van der Waals surface area contributed by atoms with Crippen LogP contribution in [0.5, 0.6) is 11.5 Å². The summed E-state index contributed by atoms with van der Waals surface area (Å²) in [5.74, 6) is 1.72. The molecule has 0 saturated carbocycles. The number of hydrogen-bond donors (Lipinski definition) is 2. The summed E-state index contributed by atoms with van der Waals surface area (Å²) in [5.41, 5.74) is 1.29. The van der Waals surface area contributed by atoms with Crippen molar-refractivity contribution in [1.29, 1.82) is 0 Å². The lowest BCUT2D eigenvalue weighted by Crippen LogP contribution is -2.24. The molecule has 0 unspecified atom stereocenters. The molecule has 0 spiro atoms. The minimum Gasteiger partial charge on any atom is -0.497 e. The second-order valence-corrected chi connectivity index (χ2v) is 9.28. The molecular formula is C25H25N5O4S2. The van der Waals surface area contributed by atoms with Crippen molar-refractivity contribution >= 4 is 39.9 Å². The van der Waals surface area contributed by atoms with Crippen LogP contribution >= 0.6 is 23.1 Å². The summed E-state index contributed by atoms with van der Waals surface area (Å²) in [6.07, 6.45) is 0. The zero-order valence-corrected chi connectivity index (χ0v) is 21.4. The molecule has 0 bridgehead atoms. The average Bonchev–Trinajstić information content (AvgIpc) is 3.56. The summed E-state index contributed by atoms with van der Waals surface area (Å²) in [5, 5.41) is 17.6. The lowest BCUT2D eigenvalue weighted by molar-refractivity contribution is -0.113. The van der Waals surface area contributed by atoms with Gasteiger partial charge in [0, 0.05) is 11.3 Å². The number of carbonyl (C=O) groups excluding carboxylic acids is 2. The van der Waals surface area contributed by atoms with Gasteiger partial charge in [0.05, 0.1) is 31.0 Å². The first-order chi connectivity index (χ1) is 17.6. The Morgan fingerprint density at radius 3 is 2.44 bits per heavy atom. The van der Waals surface area contributed by atoms with Gasteiger partial charge in [-0.2, -0.15) is 0 Å². The van der Waals surface area contributed by atoms with E-state index in [0.717, 1.165) is 16.4 Å². The number of thioether (sulfide) groups is 1. The zero-order valence-electron chi connectivity index (χ0n) is 19.8. The van der Waals surface area contributed by atoms with E-state index in [1.165, 1.54) is 23.1 Å². The number of carbonyl (C=O) groups is 2. The lowest BCUT2D eigenvalue weighted by Gasteiger charge is -2.12. The van der Waals surface area contributed by atoms with E-state index in [1.54, 1.807) is 31.4 Å². The molecule has 11 heteroatoms. The maximum atomic E-state index is 12.7. The monoisotopic (exact) mass is 523 g/mol. The molecule has 0 fully saturated rings. The maximum Gasteiger partial charge on any atom is 0.251 e. The number of methoxy groups -OCH3 is 1. The Morgan fingerprint density at radius 1 is 1.03 bits per heavy atom. The summed E-state index contributed by atoms with van der Waals surface area (Å²) in [7, 11) is 1.57. The van der Waals surface area contributed by atoms with E-state index in [9.17, 15) is 9.59 Å². The van der Waals surface area contributed by atoms with Crippen molar-refractivity contribution in [2.24, 2.45) is 0 Å². The van der Waals surface area contributed by atoms with Crippen molar-refractivity contribution < 1.29 is 19.1 Å². The van der Waals surface area contributed by atoms with Gasteiger partial charge < -0.3 is 20.1 Å². The largest absolute Gasteiger partial charge is 0.497 e. The third-order valence-electron chi connectivity index (χ3n) is 4.98. The third kappa shape index (κ3) is 6.43. The highest BCUT2D eigenvalue weighted by atomic mass is 32.2.